The van der Waals surface area contributed by atoms with Gasteiger partial charge in [-0.3, -0.25) is 4.79 Å². The predicted molar refractivity (Wildman–Crippen MR) is 94.6 cm³/mol. The zero-order valence-corrected chi connectivity index (χ0v) is 14.2. The molecule has 0 aliphatic carbocycles. The third-order valence-electron chi connectivity index (χ3n) is 3.51. The fourth-order valence-corrected chi connectivity index (χ4v) is 2.32. The van der Waals surface area contributed by atoms with Gasteiger partial charge in [0.2, 0.25) is 5.91 Å². The Labute approximate surface area is 151 Å². The largest absolute Gasteiger partial charge is 0.337 e. The first-order chi connectivity index (χ1) is 12.8. The number of carbonyl (C=O) groups is 1. The molecule has 27 heavy (non-hydrogen) atoms. The molecule has 0 fully saturated rings. The van der Waals surface area contributed by atoms with Crippen molar-refractivity contribution in [2.75, 3.05) is 5.32 Å². The van der Waals surface area contributed by atoms with Crippen LogP contribution in [0.3, 0.4) is 0 Å². The summed E-state index contributed by atoms with van der Waals surface area (Å²) >= 11 is 0. The number of halogens is 2. The topological polar surface area (TPSA) is 95.1 Å². The van der Waals surface area contributed by atoms with Crippen LogP contribution >= 0.6 is 0 Å². The van der Waals surface area contributed by atoms with Crippen molar-refractivity contribution in [2.24, 2.45) is 0 Å². The molecule has 8 nitrogen and oxygen atoms in total. The van der Waals surface area contributed by atoms with E-state index in [0.717, 1.165) is 18.2 Å². The van der Waals surface area contributed by atoms with Gasteiger partial charge in [0, 0.05) is 6.07 Å². The zero-order chi connectivity index (χ0) is 20.1. The minimum Gasteiger partial charge on any atom is -0.322 e. The fraction of sp³-hybridized carbons (Fsp3) is 0.176. The van der Waals surface area contributed by atoms with Crippen LogP contribution in [0.2, 0.25) is 0 Å². The van der Waals surface area contributed by atoms with Crippen LogP contribution < -0.4 is 22.4 Å². The van der Waals surface area contributed by atoms with Gasteiger partial charge in [-0.25, -0.2) is 36.9 Å². The van der Waals surface area contributed by atoms with Gasteiger partial charge in [-0.2, -0.15) is 0 Å². The number of aromatic nitrogens is 3. The maximum Gasteiger partial charge on any atom is 0.337 e. The highest BCUT2D eigenvalue weighted by Crippen LogP contribution is 2.14. The lowest BCUT2D eigenvalue weighted by Gasteiger charge is -2.12. The third kappa shape index (κ3) is 4.17. The van der Waals surface area contributed by atoms with E-state index in [1.165, 1.54) is 12.2 Å². The van der Waals surface area contributed by atoms with E-state index in [4.69, 9.17) is 0 Å². The van der Waals surface area contributed by atoms with Crippen molar-refractivity contribution in [3.8, 4) is 0 Å². The molecule has 1 amide bonds. The molecule has 0 atom stereocenters. The van der Waals surface area contributed by atoms with Crippen LogP contribution in [-0.2, 0) is 24.4 Å². The number of nitrogens with zero attached hydrogens (tertiary/aromatic N) is 3. The predicted octanol–water partition coefficient (Wildman–Crippen LogP) is 0.461. The van der Waals surface area contributed by atoms with Crippen molar-refractivity contribution in [1.82, 2.24) is 13.7 Å². The van der Waals surface area contributed by atoms with Gasteiger partial charge in [-0.05, 0) is 12.1 Å². The van der Waals surface area contributed by atoms with Crippen molar-refractivity contribution < 1.29 is 13.6 Å². The van der Waals surface area contributed by atoms with Crippen molar-refractivity contribution in [3.63, 3.8) is 0 Å². The van der Waals surface area contributed by atoms with Gasteiger partial charge in [0.25, 0.3) is 0 Å². The lowest BCUT2D eigenvalue weighted by atomic mass is 10.3. The van der Waals surface area contributed by atoms with Gasteiger partial charge in [-0.1, -0.05) is 12.2 Å². The number of nitrogens with one attached hydrogen (secondary N) is 1. The monoisotopic (exact) mass is 378 g/mol. The molecular weight excluding hydrogens is 362 g/mol. The Kier molecular flexibility index (Phi) is 6.01. The van der Waals surface area contributed by atoms with Crippen LogP contribution in [0, 0.1) is 11.6 Å². The van der Waals surface area contributed by atoms with Crippen LogP contribution in [0.25, 0.3) is 0 Å². The second-order valence-electron chi connectivity index (χ2n) is 5.40. The van der Waals surface area contributed by atoms with E-state index < -0.39 is 46.8 Å². The molecular formula is C17H16F2N4O4. The van der Waals surface area contributed by atoms with E-state index >= 15 is 0 Å². The lowest BCUT2D eigenvalue weighted by molar-refractivity contribution is -0.116. The van der Waals surface area contributed by atoms with Gasteiger partial charge in [-0.15, -0.1) is 13.2 Å². The minimum absolute atomic E-state index is 0.185. The first kappa shape index (κ1) is 19.8. The van der Waals surface area contributed by atoms with Crippen molar-refractivity contribution >= 4 is 11.6 Å². The number of hydrogen-bond donors (Lipinski definition) is 1. The Morgan fingerprint density at radius 3 is 2.00 bits per heavy atom. The second-order valence-corrected chi connectivity index (χ2v) is 5.40. The molecule has 1 aromatic carbocycles. The molecule has 0 radical (unpaired) electrons. The number of benzene rings is 1. The maximum absolute atomic E-state index is 13.6. The number of allylic oxidation sites excluding steroid dienone is 2. The molecule has 0 saturated heterocycles. The summed E-state index contributed by atoms with van der Waals surface area (Å²) in [7, 11) is 0. The van der Waals surface area contributed by atoms with Crippen molar-refractivity contribution in [2.45, 2.75) is 19.6 Å². The van der Waals surface area contributed by atoms with E-state index in [2.05, 4.69) is 18.5 Å². The normalized spacial score (nSPS) is 10.4. The highest BCUT2D eigenvalue weighted by atomic mass is 19.1. The Balaban J connectivity index is 2.47. The molecule has 2 rings (SSSR count). The number of hydrogen-bond acceptors (Lipinski definition) is 4. The van der Waals surface area contributed by atoms with Gasteiger partial charge < -0.3 is 5.32 Å². The molecule has 0 saturated carbocycles. The van der Waals surface area contributed by atoms with Crippen molar-refractivity contribution in [3.05, 3.63) is 86.6 Å². The molecule has 0 unspecified atom stereocenters. The van der Waals surface area contributed by atoms with Crippen LogP contribution in [0.5, 0.6) is 0 Å². The van der Waals surface area contributed by atoms with E-state index in [-0.39, 0.29) is 13.1 Å². The van der Waals surface area contributed by atoms with Gasteiger partial charge in [0.1, 0.15) is 18.2 Å². The molecule has 1 aromatic heterocycles. The molecule has 0 aliphatic rings. The average Bonchev–Trinajstić information content (AvgIpc) is 2.62. The maximum atomic E-state index is 13.6. The molecule has 1 heterocycles. The smallest absolute Gasteiger partial charge is 0.322 e. The average molecular weight is 378 g/mol. The number of amides is 1. The number of carbonyl (C=O) groups excluding carboxylic acids is 1. The standard InChI is InChI=1S/C17H16F2N4O4/c1-3-7-21-15(25)22(8-4-2)17(27)23(16(21)26)10-14(24)20-13-9-11(18)5-6-12(13)19/h3-6,9H,1-2,7-8,10H2,(H,20,24). The van der Waals surface area contributed by atoms with Crippen LogP contribution in [0.15, 0.2) is 57.9 Å². The molecule has 2 aromatic rings. The Morgan fingerprint density at radius 1 is 0.963 bits per heavy atom. The summed E-state index contributed by atoms with van der Waals surface area (Å²) < 4.78 is 28.8. The summed E-state index contributed by atoms with van der Waals surface area (Å²) in [5.74, 6) is -2.62. The van der Waals surface area contributed by atoms with E-state index in [1.54, 1.807) is 0 Å². The van der Waals surface area contributed by atoms with Crippen molar-refractivity contribution in [1.29, 1.82) is 0 Å². The molecule has 0 aliphatic heterocycles. The molecule has 10 heteroatoms. The highest BCUT2D eigenvalue weighted by molar-refractivity contribution is 5.90. The van der Waals surface area contributed by atoms with Crippen LogP contribution in [-0.4, -0.2) is 19.6 Å². The SMILES string of the molecule is C=CCn1c(=O)n(CC=C)c(=O)n(CC(=O)Nc2cc(F)ccc2F)c1=O. The summed E-state index contributed by atoms with van der Waals surface area (Å²) in [4.78, 5) is 49.1. The summed E-state index contributed by atoms with van der Waals surface area (Å²) in [6.07, 6.45) is 2.55. The highest BCUT2D eigenvalue weighted by Gasteiger charge is 2.17. The Bertz CT molecular complexity index is 1030. The summed E-state index contributed by atoms with van der Waals surface area (Å²) in [6, 6.07) is 2.44. The fourth-order valence-electron chi connectivity index (χ4n) is 2.32. The first-order valence-corrected chi connectivity index (χ1v) is 7.71. The Hall–Kier alpha value is -3.56. The summed E-state index contributed by atoms with van der Waals surface area (Å²) in [5.41, 5.74) is -3.38. The lowest BCUT2D eigenvalue weighted by Crippen LogP contribution is -2.55. The number of anilines is 1. The third-order valence-corrected chi connectivity index (χ3v) is 3.51. The first-order valence-electron chi connectivity index (χ1n) is 7.71. The molecule has 0 bridgehead atoms. The molecule has 142 valence electrons. The van der Waals surface area contributed by atoms with Gasteiger partial charge >= 0.3 is 17.1 Å². The quantitative estimate of drug-likeness (QED) is 0.708. The second kappa shape index (κ2) is 8.21. The molecule has 0 spiro atoms. The summed E-state index contributed by atoms with van der Waals surface area (Å²) in [5, 5.41) is 2.08. The van der Waals surface area contributed by atoms with E-state index in [9.17, 15) is 28.0 Å². The zero-order valence-electron chi connectivity index (χ0n) is 14.2. The minimum atomic E-state index is -1.03. The number of rotatable bonds is 7. The van der Waals surface area contributed by atoms with Gasteiger partial charge in [0.15, 0.2) is 0 Å². The van der Waals surface area contributed by atoms with Crippen LogP contribution in [0.1, 0.15) is 0 Å². The Morgan fingerprint density at radius 2 is 1.48 bits per heavy atom. The summed E-state index contributed by atoms with van der Waals surface area (Å²) in [6.45, 7) is 5.68. The van der Waals surface area contributed by atoms with E-state index in [0.29, 0.717) is 13.7 Å². The van der Waals surface area contributed by atoms with E-state index in [1.807, 2.05) is 0 Å². The van der Waals surface area contributed by atoms with Crippen LogP contribution in [0.4, 0.5) is 14.5 Å². The van der Waals surface area contributed by atoms with Gasteiger partial charge in [0.05, 0.1) is 18.8 Å². The molecule has 1 N–H and O–H groups in total.